The third-order valence-electron chi connectivity index (χ3n) is 3.13. The third kappa shape index (κ3) is 5.25. The van der Waals surface area contributed by atoms with Crippen LogP contribution in [0.25, 0.3) is 0 Å². The van der Waals surface area contributed by atoms with Gasteiger partial charge in [0.15, 0.2) is 0 Å². The van der Waals surface area contributed by atoms with Crippen molar-refractivity contribution >= 4 is 33.6 Å². The molecule has 22 heavy (non-hydrogen) atoms. The van der Waals surface area contributed by atoms with Crippen molar-refractivity contribution in [3.8, 4) is 0 Å². The lowest BCUT2D eigenvalue weighted by atomic mass is 10.1. The number of aromatic nitrogens is 2. The molecule has 0 aromatic carbocycles. The Morgan fingerprint density at radius 1 is 1.36 bits per heavy atom. The molecule has 0 unspecified atom stereocenters. The van der Waals surface area contributed by atoms with Gasteiger partial charge in [-0.15, -0.1) is 0 Å². The van der Waals surface area contributed by atoms with Crippen LogP contribution in [0.4, 0.5) is 5.95 Å². The predicted octanol–water partition coefficient (Wildman–Crippen LogP) is 2.17. The van der Waals surface area contributed by atoms with Crippen molar-refractivity contribution in [1.29, 1.82) is 0 Å². The first kappa shape index (κ1) is 16.7. The second kappa shape index (κ2) is 8.67. The largest absolute Gasteiger partial charge is 0.466 e. The van der Waals surface area contributed by atoms with Gasteiger partial charge in [-0.2, -0.15) is 0 Å². The minimum absolute atomic E-state index is 0.226. The summed E-state index contributed by atoms with van der Waals surface area (Å²) >= 11 is 3.32. The molecule has 1 fully saturated rings. The fourth-order valence-electron chi connectivity index (χ4n) is 2.02. The number of anilines is 1. The van der Waals surface area contributed by atoms with Crippen molar-refractivity contribution in [2.45, 2.75) is 26.2 Å². The fourth-order valence-corrected chi connectivity index (χ4v) is 2.23. The second-order valence-corrected chi connectivity index (χ2v) is 5.65. The summed E-state index contributed by atoms with van der Waals surface area (Å²) in [5.74, 6) is 0.468. The first-order chi connectivity index (χ1) is 10.7. The van der Waals surface area contributed by atoms with E-state index >= 15 is 0 Å². The zero-order valence-corrected chi connectivity index (χ0v) is 14.1. The number of carbonyl (C=O) groups excluding carboxylic acids is 1. The molecule has 0 amide bonds. The molecular weight excluding hydrogens is 352 g/mol. The van der Waals surface area contributed by atoms with E-state index in [0.29, 0.717) is 6.61 Å². The highest BCUT2D eigenvalue weighted by atomic mass is 79.9. The first-order valence-corrected chi connectivity index (χ1v) is 8.04. The molecule has 1 aromatic heterocycles. The first-order valence-electron chi connectivity index (χ1n) is 7.25. The molecule has 0 aliphatic carbocycles. The SMILES string of the molecule is CCOC(=O)CCON=C1CCN(c2ncc(Br)cn2)CC1. The smallest absolute Gasteiger partial charge is 0.309 e. The molecule has 0 radical (unpaired) electrons. The lowest BCUT2D eigenvalue weighted by Gasteiger charge is -2.27. The van der Waals surface area contributed by atoms with Crippen LogP contribution in [0, 0.1) is 0 Å². The van der Waals surface area contributed by atoms with E-state index < -0.39 is 0 Å². The van der Waals surface area contributed by atoms with E-state index in [4.69, 9.17) is 9.57 Å². The molecule has 0 spiro atoms. The van der Waals surface area contributed by atoms with Gasteiger partial charge in [0, 0.05) is 38.3 Å². The van der Waals surface area contributed by atoms with Crippen LogP contribution in [0.3, 0.4) is 0 Å². The summed E-state index contributed by atoms with van der Waals surface area (Å²) in [7, 11) is 0. The monoisotopic (exact) mass is 370 g/mol. The Hall–Kier alpha value is -1.70. The van der Waals surface area contributed by atoms with Gasteiger partial charge in [-0.05, 0) is 22.9 Å². The number of carbonyl (C=O) groups is 1. The number of esters is 1. The van der Waals surface area contributed by atoms with Crippen LogP contribution in [0.2, 0.25) is 0 Å². The molecule has 0 atom stereocenters. The summed E-state index contributed by atoms with van der Waals surface area (Å²) in [6.45, 7) is 4.04. The number of hydrogen-bond acceptors (Lipinski definition) is 7. The molecule has 1 aromatic rings. The van der Waals surface area contributed by atoms with Gasteiger partial charge >= 0.3 is 5.97 Å². The van der Waals surface area contributed by atoms with Gasteiger partial charge < -0.3 is 14.5 Å². The van der Waals surface area contributed by atoms with Crippen LogP contribution < -0.4 is 4.90 Å². The summed E-state index contributed by atoms with van der Waals surface area (Å²) in [4.78, 5) is 27.0. The van der Waals surface area contributed by atoms with Crippen LogP contribution in [0.5, 0.6) is 0 Å². The van der Waals surface area contributed by atoms with Crippen molar-refractivity contribution in [3.05, 3.63) is 16.9 Å². The molecule has 1 aliphatic heterocycles. The van der Waals surface area contributed by atoms with Gasteiger partial charge in [0.05, 0.1) is 23.2 Å². The van der Waals surface area contributed by atoms with Crippen LogP contribution in [-0.4, -0.2) is 48.0 Å². The van der Waals surface area contributed by atoms with E-state index in [2.05, 4.69) is 36.0 Å². The number of ether oxygens (including phenoxy) is 1. The quantitative estimate of drug-likeness (QED) is 0.433. The van der Waals surface area contributed by atoms with E-state index in [1.165, 1.54) is 0 Å². The predicted molar refractivity (Wildman–Crippen MR) is 85.8 cm³/mol. The molecule has 2 heterocycles. The fraction of sp³-hybridized carbons (Fsp3) is 0.571. The molecular formula is C14H19BrN4O3. The number of hydrogen-bond donors (Lipinski definition) is 0. The summed E-state index contributed by atoms with van der Waals surface area (Å²) in [5, 5.41) is 4.09. The Labute approximate surface area is 137 Å². The molecule has 8 heteroatoms. The molecule has 120 valence electrons. The van der Waals surface area contributed by atoms with Gasteiger partial charge in [0.25, 0.3) is 0 Å². The van der Waals surface area contributed by atoms with Crippen molar-refractivity contribution in [2.75, 3.05) is 31.2 Å². The molecule has 0 saturated carbocycles. The number of piperidine rings is 1. The Kier molecular flexibility index (Phi) is 6.57. The number of rotatable bonds is 6. The Morgan fingerprint density at radius 3 is 2.68 bits per heavy atom. The summed E-state index contributed by atoms with van der Waals surface area (Å²) in [5.41, 5.74) is 0.997. The van der Waals surface area contributed by atoms with Crippen LogP contribution in [0.1, 0.15) is 26.2 Å². The highest BCUT2D eigenvalue weighted by molar-refractivity contribution is 9.10. The second-order valence-electron chi connectivity index (χ2n) is 4.73. The summed E-state index contributed by atoms with van der Waals surface area (Å²) < 4.78 is 5.68. The van der Waals surface area contributed by atoms with E-state index in [-0.39, 0.29) is 19.0 Å². The third-order valence-corrected chi connectivity index (χ3v) is 3.54. The highest BCUT2D eigenvalue weighted by Crippen LogP contribution is 2.15. The van der Waals surface area contributed by atoms with Gasteiger partial charge in [-0.25, -0.2) is 9.97 Å². The van der Waals surface area contributed by atoms with Crippen molar-refractivity contribution < 1.29 is 14.4 Å². The Morgan fingerprint density at radius 2 is 2.05 bits per heavy atom. The zero-order chi connectivity index (χ0) is 15.8. The van der Waals surface area contributed by atoms with E-state index in [1.807, 2.05) is 0 Å². The zero-order valence-electron chi connectivity index (χ0n) is 12.5. The average molecular weight is 371 g/mol. The van der Waals surface area contributed by atoms with Crippen molar-refractivity contribution in [3.63, 3.8) is 0 Å². The standard InChI is InChI=1S/C14H19BrN4O3/c1-2-21-13(20)5-8-22-18-12-3-6-19(7-4-12)14-16-9-11(15)10-17-14/h9-10H,2-8H2,1H3. The van der Waals surface area contributed by atoms with Crippen molar-refractivity contribution in [1.82, 2.24) is 9.97 Å². The molecule has 0 bridgehead atoms. The molecule has 1 aliphatic rings. The number of oxime groups is 1. The summed E-state index contributed by atoms with van der Waals surface area (Å²) in [6, 6.07) is 0. The lowest BCUT2D eigenvalue weighted by Crippen LogP contribution is -2.35. The van der Waals surface area contributed by atoms with Crippen molar-refractivity contribution in [2.24, 2.45) is 5.16 Å². The van der Waals surface area contributed by atoms with E-state index in [1.54, 1.807) is 19.3 Å². The van der Waals surface area contributed by atoms with Gasteiger partial charge in [-0.3, -0.25) is 4.79 Å². The maximum Gasteiger partial charge on any atom is 0.309 e. The maximum atomic E-state index is 11.1. The maximum absolute atomic E-state index is 11.1. The van der Waals surface area contributed by atoms with Crippen LogP contribution in [0.15, 0.2) is 22.0 Å². The van der Waals surface area contributed by atoms with E-state index in [9.17, 15) is 4.79 Å². The van der Waals surface area contributed by atoms with Crippen LogP contribution >= 0.6 is 15.9 Å². The molecule has 0 N–H and O–H groups in total. The topological polar surface area (TPSA) is 76.9 Å². The van der Waals surface area contributed by atoms with Gasteiger partial charge in [0.1, 0.15) is 6.61 Å². The molecule has 1 saturated heterocycles. The minimum atomic E-state index is -0.259. The van der Waals surface area contributed by atoms with E-state index in [0.717, 1.165) is 42.1 Å². The average Bonchev–Trinajstić information content (AvgIpc) is 2.53. The van der Waals surface area contributed by atoms with Gasteiger partial charge in [0.2, 0.25) is 5.95 Å². The Balaban J connectivity index is 1.71. The van der Waals surface area contributed by atoms with Gasteiger partial charge in [-0.1, -0.05) is 5.16 Å². The molecule has 2 rings (SSSR count). The number of halogens is 1. The highest BCUT2D eigenvalue weighted by Gasteiger charge is 2.17. The minimum Gasteiger partial charge on any atom is -0.466 e. The van der Waals surface area contributed by atoms with Crippen LogP contribution in [-0.2, 0) is 14.4 Å². The Bertz CT molecular complexity index is 511. The lowest BCUT2D eigenvalue weighted by molar-refractivity contribution is -0.144. The number of nitrogens with zero attached hydrogens (tertiary/aromatic N) is 4. The molecule has 7 nitrogen and oxygen atoms in total. The summed E-state index contributed by atoms with van der Waals surface area (Å²) in [6.07, 6.45) is 5.32. The normalized spacial score (nSPS) is 14.6.